The summed E-state index contributed by atoms with van der Waals surface area (Å²) in [6.07, 6.45) is 0.723. The van der Waals surface area contributed by atoms with Gasteiger partial charge in [0, 0.05) is 30.5 Å². The topological polar surface area (TPSA) is 76.0 Å². The third-order valence-electron chi connectivity index (χ3n) is 5.01. The molecular weight excluding hydrogens is 410 g/mol. The van der Waals surface area contributed by atoms with Crippen molar-refractivity contribution in [1.82, 2.24) is 4.57 Å². The first-order valence-electron chi connectivity index (χ1n) is 9.80. The molecule has 1 aromatic heterocycles. The van der Waals surface area contributed by atoms with Crippen molar-refractivity contribution in [1.29, 1.82) is 0 Å². The molecule has 1 unspecified atom stereocenters. The molecule has 1 atom stereocenters. The van der Waals surface area contributed by atoms with Crippen LogP contribution in [0.4, 0.5) is 0 Å². The zero-order valence-corrected chi connectivity index (χ0v) is 18.4. The van der Waals surface area contributed by atoms with E-state index in [1.807, 2.05) is 31.4 Å². The molecule has 3 rings (SSSR count). The second kappa shape index (κ2) is 9.53. The number of carbonyl (C=O) groups excluding carboxylic acids is 2. The minimum atomic E-state index is -0.651. The molecule has 0 saturated heterocycles. The van der Waals surface area contributed by atoms with E-state index in [0.29, 0.717) is 36.9 Å². The molecule has 1 aliphatic heterocycles. The number of aryl methyl sites for hydroxylation is 1. The van der Waals surface area contributed by atoms with E-state index in [4.69, 9.17) is 30.5 Å². The summed E-state index contributed by atoms with van der Waals surface area (Å²) in [6.45, 7) is 6.95. The predicted octanol–water partition coefficient (Wildman–Crippen LogP) is 4.17. The summed E-state index contributed by atoms with van der Waals surface area (Å²) in [4.78, 5) is 25.2. The lowest BCUT2D eigenvalue weighted by Gasteiger charge is -2.17. The van der Waals surface area contributed by atoms with Gasteiger partial charge in [-0.2, -0.15) is 0 Å². The van der Waals surface area contributed by atoms with E-state index in [2.05, 4.69) is 0 Å². The summed E-state index contributed by atoms with van der Waals surface area (Å²) in [5.41, 5.74) is 2.49. The SMILES string of the molecule is COCC(C)n1c(C)cc(C(=O)COC(=O)c2cc(Cl)c3c(c2)OCCCO3)c1C. The van der Waals surface area contributed by atoms with E-state index in [1.54, 1.807) is 7.11 Å². The van der Waals surface area contributed by atoms with Crippen LogP contribution in [0.2, 0.25) is 5.02 Å². The summed E-state index contributed by atoms with van der Waals surface area (Å²) in [7, 11) is 1.64. The fraction of sp³-hybridized carbons (Fsp3) is 0.455. The Labute approximate surface area is 180 Å². The van der Waals surface area contributed by atoms with E-state index < -0.39 is 5.97 Å². The Kier molecular flexibility index (Phi) is 7.05. The van der Waals surface area contributed by atoms with Crippen LogP contribution >= 0.6 is 11.6 Å². The number of fused-ring (bicyclic) bond motifs is 1. The number of carbonyl (C=O) groups is 2. The molecule has 162 valence electrons. The van der Waals surface area contributed by atoms with Crippen molar-refractivity contribution in [2.24, 2.45) is 0 Å². The van der Waals surface area contributed by atoms with Gasteiger partial charge in [-0.25, -0.2) is 4.79 Å². The summed E-state index contributed by atoms with van der Waals surface area (Å²) in [6, 6.07) is 4.88. The molecule has 0 saturated carbocycles. The van der Waals surface area contributed by atoms with Crippen molar-refractivity contribution in [3.8, 4) is 11.5 Å². The van der Waals surface area contributed by atoms with Crippen LogP contribution in [-0.4, -0.2) is 49.9 Å². The van der Waals surface area contributed by atoms with Gasteiger partial charge in [0.2, 0.25) is 5.78 Å². The highest BCUT2D eigenvalue weighted by Crippen LogP contribution is 2.38. The van der Waals surface area contributed by atoms with Gasteiger partial charge < -0.3 is 23.5 Å². The molecule has 0 radical (unpaired) electrons. The Morgan fingerprint density at radius 1 is 1.20 bits per heavy atom. The van der Waals surface area contributed by atoms with Crippen LogP contribution in [0, 0.1) is 13.8 Å². The Balaban J connectivity index is 1.71. The van der Waals surface area contributed by atoms with Crippen LogP contribution in [0.15, 0.2) is 18.2 Å². The number of ether oxygens (including phenoxy) is 4. The average Bonchev–Trinajstić information content (AvgIpc) is 2.86. The molecule has 0 bridgehead atoms. The maximum Gasteiger partial charge on any atom is 0.338 e. The average molecular weight is 436 g/mol. The number of hydrogen-bond acceptors (Lipinski definition) is 6. The molecule has 30 heavy (non-hydrogen) atoms. The van der Waals surface area contributed by atoms with Crippen LogP contribution in [0.5, 0.6) is 11.5 Å². The minimum Gasteiger partial charge on any atom is -0.489 e. The Hall–Kier alpha value is -2.51. The van der Waals surface area contributed by atoms with Crippen molar-refractivity contribution in [2.45, 2.75) is 33.2 Å². The molecular formula is C22H26ClNO6. The summed E-state index contributed by atoms with van der Waals surface area (Å²) >= 11 is 6.23. The molecule has 2 aromatic rings. The second-order valence-corrected chi connectivity index (χ2v) is 7.70. The summed E-state index contributed by atoms with van der Waals surface area (Å²) < 4.78 is 23.7. The zero-order valence-electron chi connectivity index (χ0n) is 17.6. The van der Waals surface area contributed by atoms with Crippen molar-refractivity contribution in [3.63, 3.8) is 0 Å². The van der Waals surface area contributed by atoms with E-state index >= 15 is 0 Å². The van der Waals surface area contributed by atoms with Gasteiger partial charge in [-0.3, -0.25) is 4.79 Å². The highest BCUT2D eigenvalue weighted by Gasteiger charge is 2.22. The second-order valence-electron chi connectivity index (χ2n) is 7.29. The predicted molar refractivity (Wildman–Crippen MR) is 112 cm³/mol. The number of Topliss-reactive ketones (excluding diaryl/α,β-unsaturated/α-hetero) is 1. The van der Waals surface area contributed by atoms with Crippen molar-refractivity contribution >= 4 is 23.4 Å². The number of rotatable bonds is 7. The van der Waals surface area contributed by atoms with Gasteiger partial charge in [-0.1, -0.05) is 11.6 Å². The van der Waals surface area contributed by atoms with Gasteiger partial charge in [-0.15, -0.1) is 0 Å². The number of aromatic nitrogens is 1. The third kappa shape index (κ3) is 4.63. The van der Waals surface area contributed by atoms with Gasteiger partial charge >= 0.3 is 5.97 Å². The molecule has 0 N–H and O–H groups in total. The molecule has 0 amide bonds. The van der Waals surface area contributed by atoms with Crippen LogP contribution in [-0.2, 0) is 9.47 Å². The van der Waals surface area contributed by atoms with Crippen molar-refractivity contribution < 1.29 is 28.5 Å². The number of esters is 1. The summed E-state index contributed by atoms with van der Waals surface area (Å²) in [5, 5.41) is 0.267. The normalized spacial score (nSPS) is 14.2. The van der Waals surface area contributed by atoms with Gasteiger partial charge in [0.25, 0.3) is 0 Å². The lowest BCUT2D eigenvalue weighted by atomic mass is 10.1. The largest absolute Gasteiger partial charge is 0.489 e. The van der Waals surface area contributed by atoms with Crippen LogP contribution < -0.4 is 9.47 Å². The van der Waals surface area contributed by atoms with Crippen LogP contribution in [0.25, 0.3) is 0 Å². The number of hydrogen-bond donors (Lipinski definition) is 0. The van der Waals surface area contributed by atoms with E-state index in [-0.39, 0.29) is 29.0 Å². The monoisotopic (exact) mass is 435 g/mol. The molecule has 0 spiro atoms. The molecule has 1 aromatic carbocycles. The molecule has 2 heterocycles. The van der Waals surface area contributed by atoms with Crippen LogP contribution in [0.3, 0.4) is 0 Å². The van der Waals surface area contributed by atoms with Gasteiger partial charge in [0.15, 0.2) is 18.1 Å². The quantitative estimate of drug-likeness (QED) is 0.480. The fourth-order valence-electron chi connectivity index (χ4n) is 3.69. The van der Waals surface area contributed by atoms with Crippen molar-refractivity contribution in [2.75, 3.05) is 33.5 Å². The Morgan fingerprint density at radius 3 is 2.67 bits per heavy atom. The van der Waals surface area contributed by atoms with E-state index in [9.17, 15) is 9.59 Å². The fourth-order valence-corrected chi connectivity index (χ4v) is 3.96. The first-order chi connectivity index (χ1) is 14.3. The number of methoxy groups -OCH3 is 1. The maximum absolute atomic E-state index is 12.7. The maximum atomic E-state index is 12.7. The highest BCUT2D eigenvalue weighted by atomic mass is 35.5. The zero-order chi connectivity index (χ0) is 21.8. The Morgan fingerprint density at radius 2 is 1.93 bits per heavy atom. The minimum absolute atomic E-state index is 0.0861. The molecule has 0 fully saturated rings. The van der Waals surface area contributed by atoms with Gasteiger partial charge in [0.05, 0.1) is 36.4 Å². The lowest BCUT2D eigenvalue weighted by Crippen LogP contribution is -2.17. The van der Waals surface area contributed by atoms with Crippen LogP contribution in [0.1, 0.15) is 51.5 Å². The summed E-state index contributed by atoms with van der Waals surface area (Å²) in [5.74, 6) is -0.108. The molecule has 1 aliphatic rings. The van der Waals surface area contributed by atoms with E-state index in [0.717, 1.165) is 17.8 Å². The van der Waals surface area contributed by atoms with E-state index in [1.165, 1.54) is 12.1 Å². The smallest absolute Gasteiger partial charge is 0.338 e. The number of benzene rings is 1. The van der Waals surface area contributed by atoms with Crippen molar-refractivity contribution in [3.05, 3.63) is 45.7 Å². The Bertz CT molecular complexity index is 952. The van der Waals surface area contributed by atoms with Gasteiger partial charge in [-0.05, 0) is 39.0 Å². The highest BCUT2D eigenvalue weighted by molar-refractivity contribution is 6.32. The van der Waals surface area contributed by atoms with Gasteiger partial charge in [0.1, 0.15) is 0 Å². The first kappa shape index (κ1) is 22.2. The molecule has 8 heteroatoms. The first-order valence-corrected chi connectivity index (χ1v) is 10.2. The standard InChI is InChI=1S/C22H26ClNO6/c1-13-8-17(15(3)24(13)14(2)11-27-4)19(25)12-30-22(26)16-9-18(23)21-20(10-16)28-6-5-7-29-21/h8-10,14H,5-7,11-12H2,1-4H3. The third-order valence-corrected chi connectivity index (χ3v) is 5.29. The lowest BCUT2D eigenvalue weighted by molar-refractivity contribution is 0.0474. The number of nitrogens with zero attached hydrogens (tertiary/aromatic N) is 1. The molecule has 7 nitrogen and oxygen atoms in total. The number of halogens is 1. The molecule has 0 aliphatic carbocycles. The number of ketones is 1.